The van der Waals surface area contributed by atoms with Crippen LogP contribution < -0.4 is 9.47 Å². The Hall–Kier alpha value is -5.18. The minimum Gasteiger partial charge on any atom is -0.507 e. The van der Waals surface area contributed by atoms with Crippen LogP contribution in [0.3, 0.4) is 0 Å². The number of methoxy groups -OCH3 is 1. The summed E-state index contributed by atoms with van der Waals surface area (Å²) in [6.45, 7) is 3.49. The van der Waals surface area contributed by atoms with Crippen molar-refractivity contribution in [1.82, 2.24) is 0 Å². The van der Waals surface area contributed by atoms with Gasteiger partial charge in [-0.3, -0.25) is 0 Å². The third kappa shape index (κ3) is 8.14. The summed E-state index contributed by atoms with van der Waals surface area (Å²) in [4.78, 5) is 0. The van der Waals surface area contributed by atoms with Crippen molar-refractivity contribution in [2.24, 2.45) is 0 Å². The predicted molar refractivity (Wildman–Crippen MR) is 201 cm³/mol. The number of benzene rings is 6. The Labute approximate surface area is 305 Å². The van der Waals surface area contributed by atoms with Crippen molar-refractivity contribution >= 4 is 10.8 Å². The molecule has 5 atom stereocenters. The number of hydrogen-bond acceptors (Lipinski definition) is 7. The van der Waals surface area contributed by atoms with Crippen molar-refractivity contribution in [3.8, 4) is 17.2 Å². The standard InChI is InChI=1S/C45H44O7/c1-31(48-27-32-15-7-3-8-16-32)42-44(50-29-34-19-11-5-12-20-34)45(51-30-35-21-13-6-14-22-35)43(52-42)36-23-25-39(49-28-33-17-9-4-10-18-33)41-38(47-2)26-24-37(46)40(36)41/h3-26,31,42-46H,27-30H2,1-2H3/t31-,42+,43-,44+,45+/m1/s1. The average Bonchev–Trinajstić information content (AvgIpc) is 3.57. The number of fused-ring (bicyclic) bond motifs is 1. The maximum Gasteiger partial charge on any atom is 0.131 e. The second-order valence-electron chi connectivity index (χ2n) is 13.0. The molecular formula is C45H44O7. The molecule has 7 rings (SSSR count). The van der Waals surface area contributed by atoms with E-state index < -0.39 is 24.4 Å². The summed E-state index contributed by atoms with van der Waals surface area (Å²) in [7, 11) is 1.62. The zero-order chi connectivity index (χ0) is 35.7. The smallest absolute Gasteiger partial charge is 0.131 e. The van der Waals surface area contributed by atoms with Crippen molar-refractivity contribution in [1.29, 1.82) is 0 Å². The monoisotopic (exact) mass is 696 g/mol. The fraction of sp³-hybridized carbons (Fsp3) is 0.244. The first kappa shape index (κ1) is 35.2. The minimum absolute atomic E-state index is 0.0833. The molecule has 6 aromatic carbocycles. The first-order valence-electron chi connectivity index (χ1n) is 17.7. The summed E-state index contributed by atoms with van der Waals surface area (Å²) in [5.41, 5.74) is 4.90. The van der Waals surface area contributed by atoms with Crippen molar-refractivity contribution < 1.29 is 33.5 Å². The topological polar surface area (TPSA) is 75.6 Å². The number of aromatic hydroxyl groups is 1. The van der Waals surface area contributed by atoms with Crippen LogP contribution >= 0.6 is 0 Å². The second-order valence-corrected chi connectivity index (χ2v) is 13.0. The zero-order valence-corrected chi connectivity index (χ0v) is 29.5. The normalized spacial score (nSPS) is 19.0. The fourth-order valence-electron chi connectivity index (χ4n) is 6.82. The highest BCUT2D eigenvalue weighted by Gasteiger charge is 2.50. The molecule has 0 unspecified atom stereocenters. The molecule has 0 spiro atoms. The van der Waals surface area contributed by atoms with Crippen LogP contribution in [-0.4, -0.2) is 36.6 Å². The number of ether oxygens (including phenoxy) is 6. The molecule has 0 amide bonds. The summed E-state index contributed by atoms with van der Waals surface area (Å²) in [5.74, 6) is 1.24. The van der Waals surface area contributed by atoms with Crippen LogP contribution in [-0.2, 0) is 45.4 Å². The van der Waals surface area contributed by atoms with Crippen LogP contribution in [0.4, 0.5) is 0 Å². The van der Waals surface area contributed by atoms with E-state index in [0.717, 1.165) is 27.8 Å². The van der Waals surface area contributed by atoms with Gasteiger partial charge in [-0.2, -0.15) is 0 Å². The van der Waals surface area contributed by atoms with Gasteiger partial charge in [0.05, 0.1) is 38.4 Å². The molecule has 7 heteroatoms. The lowest BCUT2D eigenvalue weighted by Gasteiger charge is -2.28. The number of hydrogen-bond donors (Lipinski definition) is 1. The van der Waals surface area contributed by atoms with E-state index in [2.05, 4.69) is 0 Å². The van der Waals surface area contributed by atoms with Gasteiger partial charge in [-0.1, -0.05) is 127 Å². The molecule has 0 saturated carbocycles. The molecule has 6 aromatic rings. The Morgan fingerprint density at radius 2 is 1.06 bits per heavy atom. The van der Waals surface area contributed by atoms with Crippen LogP contribution in [0.2, 0.25) is 0 Å². The van der Waals surface area contributed by atoms with Crippen LogP contribution in [0.25, 0.3) is 10.8 Å². The van der Waals surface area contributed by atoms with Gasteiger partial charge in [0.15, 0.2) is 0 Å². The molecule has 1 aliphatic rings. The number of rotatable bonds is 15. The van der Waals surface area contributed by atoms with Gasteiger partial charge >= 0.3 is 0 Å². The summed E-state index contributed by atoms with van der Waals surface area (Å²) in [6.07, 6.45) is -2.59. The molecule has 266 valence electrons. The molecule has 52 heavy (non-hydrogen) atoms. The van der Waals surface area contributed by atoms with Crippen LogP contribution in [0, 0.1) is 0 Å². The minimum atomic E-state index is -0.638. The number of phenolic OH excluding ortho intramolecular Hbond substituents is 1. The van der Waals surface area contributed by atoms with E-state index in [1.807, 2.05) is 140 Å². The van der Waals surface area contributed by atoms with E-state index in [0.29, 0.717) is 48.7 Å². The lowest BCUT2D eigenvalue weighted by Crippen LogP contribution is -2.41. The van der Waals surface area contributed by atoms with Gasteiger partial charge in [0.1, 0.15) is 48.3 Å². The Balaban J connectivity index is 1.28. The van der Waals surface area contributed by atoms with Crippen LogP contribution in [0.15, 0.2) is 146 Å². The molecule has 1 fully saturated rings. The van der Waals surface area contributed by atoms with E-state index in [4.69, 9.17) is 28.4 Å². The Morgan fingerprint density at radius 1 is 0.558 bits per heavy atom. The molecule has 0 aliphatic carbocycles. The third-order valence-corrected chi connectivity index (χ3v) is 9.50. The highest BCUT2D eigenvalue weighted by molar-refractivity contribution is 6.00. The molecular weight excluding hydrogens is 652 g/mol. The Kier molecular flexibility index (Phi) is 11.4. The highest BCUT2D eigenvalue weighted by atomic mass is 16.6. The van der Waals surface area contributed by atoms with E-state index in [-0.39, 0.29) is 11.9 Å². The molecule has 0 aromatic heterocycles. The first-order valence-corrected chi connectivity index (χ1v) is 17.7. The van der Waals surface area contributed by atoms with Crippen LogP contribution in [0.5, 0.6) is 17.2 Å². The largest absolute Gasteiger partial charge is 0.507 e. The van der Waals surface area contributed by atoms with Gasteiger partial charge in [-0.15, -0.1) is 0 Å². The van der Waals surface area contributed by atoms with E-state index in [9.17, 15) is 5.11 Å². The van der Waals surface area contributed by atoms with Gasteiger partial charge in [0.2, 0.25) is 0 Å². The lowest BCUT2D eigenvalue weighted by atomic mass is 9.93. The maximum atomic E-state index is 11.6. The molecule has 1 N–H and O–H groups in total. The molecule has 0 radical (unpaired) electrons. The SMILES string of the molecule is COc1ccc(O)c2c([C@H]3O[C@@H]([C@@H](C)OCc4ccccc4)[C@H](OCc4ccccc4)[C@H]3OCc3ccccc3)ccc(OCc3ccccc3)c12. The molecule has 1 aliphatic heterocycles. The van der Waals surface area contributed by atoms with Crippen molar-refractivity contribution in [2.45, 2.75) is 63.9 Å². The van der Waals surface area contributed by atoms with Gasteiger partial charge in [0.25, 0.3) is 0 Å². The van der Waals surface area contributed by atoms with Gasteiger partial charge in [-0.05, 0) is 52.9 Å². The molecule has 0 bridgehead atoms. The second kappa shape index (κ2) is 16.9. The molecule has 1 saturated heterocycles. The highest BCUT2D eigenvalue weighted by Crippen LogP contribution is 2.48. The predicted octanol–water partition coefficient (Wildman–Crippen LogP) is 9.35. The summed E-state index contributed by atoms with van der Waals surface area (Å²) in [6, 6.07) is 47.5. The van der Waals surface area contributed by atoms with Gasteiger partial charge in [-0.25, -0.2) is 0 Å². The maximum absolute atomic E-state index is 11.6. The first-order chi connectivity index (χ1) is 25.6. The van der Waals surface area contributed by atoms with Crippen molar-refractivity contribution in [3.63, 3.8) is 0 Å². The summed E-state index contributed by atoms with van der Waals surface area (Å²) in [5, 5.41) is 12.8. The zero-order valence-electron chi connectivity index (χ0n) is 29.5. The fourth-order valence-corrected chi connectivity index (χ4v) is 6.82. The summed E-state index contributed by atoms with van der Waals surface area (Å²) >= 11 is 0. The van der Waals surface area contributed by atoms with Gasteiger partial charge in [0, 0.05) is 5.39 Å². The molecule has 7 nitrogen and oxygen atoms in total. The van der Waals surface area contributed by atoms with E-state index in [1.165, 1.54) is 0 Å². The van der Waals surface area contributed by atoms with Gasteiger partial charge < -0.3 is 33.5 Å². The van der Waals surface area contributed by atoms with Crippen molar-refractivity contribution in [2.75, 3.05) is 7.11 Å². The summed E-state index contributed by atoms with van der Waals surface area (Å²) < 4.78 is 39.4. The Bertz CT molecular complexity index is 2000. The van der Waals surface area contributed by atoms with E-state index in [1.54, 1.807) is 19.2 Å². The number of phenols is 1. The quantitative estimate of drug-likeness (QED) is 0.115. The van der Waals surface area contributed by atoms with Crippen LogP contribution in [0.1, 0.15) is 40.8 Å². The molecule has 1 heterocycles. The van der Waals surface area contributed by atoms with E-state index >= 15 is 0 Å². The lowest BCUT2D eigenvalue weighted by molar-refractivity contribution is -0.115. The Morgan fingerprint density at radius 3 is 1.62 bits per heavy atom. The van der Waals surface area contributed by atoms with Crippen molar-refractivity contribution in [3.05, 3.63) is 173 Å². The average molecular weight is 697 g/mol. The third-order valence-electron chi connectivity index (χ3n) is 9.50.